The summed E-state index contributed by atoms with van der Waals surface area (Å²) in [4.78, 5) is 41.0. The van der Waals surface area contributed by atoms with E-state index in [9.17, 15) is 14.4 Å². The van der Waals surface area contributed by atoms with E-state index < -0.39 is 17.1 Å². The summed E-state index contributed by atoms with van der Waals surface area (Å²) in [5, 5.41) is 8.75. The molecule has 0 spiro atoms. The first-order chi connectivity index (χ1) is 23.3. The summed E-state index contributed by atoms with van der Waals surface area (Å²) < 4.78 is 5.70. The van der Waals surface area contributed by atoms with E-state index in [2.05, 4.69) is 16.0 Å². The lowest BCUT2D eigenvalue weighted by atomic mass is 10.1. The molecular weight excluding hydrogens is 665 g/mol. The van der Waals surface area contributed by atoms with Gasteiger partial charge >= 0.3 is 0 Å². The molecule has 0 radical (unpaired) electrons. The van der Waals surface area contributed by atoms with Gasteiger partial charge in [0.15, 0.2) is 0 Å². The van der Waals surface area contributed by atoms with E-state index in [1.165, 1.54) is 17.8 Å². The number of hydrogen-bond acceptors (Lipinski definition) is 5. The fourth-order valence-electron chi connectivity index (χ4n) is 4.62. The third-order valence-corrected chi connectivity index (χ3v) is 8.77. The Bertz CT molecular complexity index is 1920. The molecule has 0 aliphatic heterocycles. The van der Waals surface area contributed by atoms with Gasteiger partial charge in [0.25, 0.3) is 11.8 Å². The molecule has 3 N–H and O–H groups in total. The Morgan fingerprint density at radius 3 is 2.15 bits per heavy atom. The van der Waals surface area contributed by atoms with Gasteiger partial charge < -0.3 is 20.7 Å². The van der Waals surface area contributed by atoms with Crippen molar-refractivity contribution >= 4 is 70.1 Å². The van der Waals surface area contributed by atoms with Gasteiger partial charge in [0.1, 0.15) is 16.7 Å². The van der Waals surface area contributed by atoms with Crippen LogP contribution in [0.25, 0.3) is 6.08 Å². The summed E-state index contributed by atoms with van der Waals surface area (Å²) in [6, 6.07) is 37.3. The number of carbonyl (C=O) groups is 3. The Kier molecular flexibility index (Phi) is 11.9. The lowest BCUT2D eigenvalue weighted by molar-refractivity contribution is -0.116. The van der Waals surface area contributed by atoms with Gasteiger partial charge in [0.05, 0.1) is 12.3 Å². The molecule has 0 heterocycles. The van der Waals surface area contributed by atoms with Crippen molar-refractivity contribution < 1.29 is 19.1 Å². The van der Waals surface area contributed by atoms with Crippen LogP contribution in [0.2, 0.25) is 10.0 Å². The highest BCUT2D eigenvalue weighted by molar-refractivity contribution is 8.00. The minimum absolute atomic E-state index is 0.0142. The summed E-state index contributed by atoms with van der Waals surface area (Å²) >= 11 is 13.8. The number of nitrogens with one attached hydrogen (secondary N) is 3. The molecule has 3 amide bonds. The van der Waals surface area contributed by atoms with Crippen LogP contribution in [0.3, 0.4) is 0 Å². The highest BCUT2D eigenvalue weighted by atomic mass is 35.5. The molecule has 5 aromatic rings. The Hall–Kier alpha value is -5.02. The summed E-state index contributed by atoms with van der Waals surface area (Å²) in [6.07, 6.45) is 1.49. The first kappa shape index (κ1) is 34.3. The van der Waals surface area contributed by atoms with Gasteiger partial charge in [-0.05, 0) is 84.8 Å². The van der Waals surface area contributed by atoms with Crippen molar-refractivity contribution in [2.75, 3.05) is 17.2 Å². The number of rotatable bonds is 12. The maximum Gasteiger partial charge on any atom is 0.272 e. The topological polar surface area (TPSA) is 96.5 Å². The zero-order valence-corrected chi connectivity index (χ0v) is 28.1. The van der Waals surface area contributed by atoms with Crippen LogP contribution in [0.1, 0.15) is 33.7 Å². The first-order valence-corrected chi connectivity index (χ1v) is 16.6. The molecular formula is C38H31Cl2N3O4S. The van der Waals surface area contributed by atoms with Crippen LogP contribution in [0.15, 0.2) is 138 Å². The Morgan fingerprint density at radius 2 is 1.46 bits per heavy atom. The molecule has 0 aliphatic carbocycles. The third kappa shape index (κ3) is 9.29. The quantitative estimate of drug-likeness (QED) is 0.0893. The van der Waals surface area contributed by atoms with Crippen molar-refractivity contribution in [2.45, 2.75) is 17.1 Å². The van der Waals surface area contributed by atoms with E-state index in [0.717, 1.165) is 10.5 Å². The highest BCUT2D eigenvalue weighted by Gasteiger charge is 2.23. The van der Waals surface area contributed by atoms with Crippen LogP contribution in [0.4, 0.5) is 11.4 Å². The lowest BCUT2D eigenvalue weighted by Gasteiger charge is -2.19. The second-order valence-electron chi connectivity index (χ2n) is 10.3. The highest BCUT2D eigenvalue weighted by Crippen LogP contribution is 2.37. The molecule has 1 atom stereocenters. The van der Waals surface area contributed by atoms with E-state index in [0.29, 0.717) is 44.9 Å². The molecule has 5 aromatic carbocycles. The molecule has 10 heteroatoms. The van der Waals surface area contributed by atoms with Gasteiger partial charge in [-0.15, -0.1) is 11.8 Å². The minimum Gasteiger partial charge on any atom is -0.492 e. The van der Waals surface area contributed by atoms with Crippen LogP contribution in [-0.2, 0) is 9.59 Å². The fraction of sp³-hybridized carbons (Fsp3) is 0.0789. The third-order valence-electron chi connectivity index (χ3n) is 6.94. The predicted octanol–water partition coefficient (Wildman–Crippen LogP) is 9.27. The van der Waals surface area contributed by atoms with Crippen molar-refractivity contribution in [3.05, 3.63) is 160 Å². The molecule has 242 valence electrons. The normalized spacial score (nSPS) is 11.7. The summed E-state index contributed by atoms with van der Waals surface area (Å²) in [5.41, 5.74) is 2.78. The molecule has 0 aromatic heterocycles. The smallest absolute Gasteiger partial charge is 0.272 e. The standard InChI is InChI=1S/C38H31Cl2N3O4S/c1-2-47-34-16-10-9-15-32(34)42-38(46)35(25-11-5-3-6-12-25)48-30-21-19-29(20-22-30)41-37(45)33(23-27-17-18-28(39)24-31(27)40)43-36(44)26-13-7-4-8-14-26/h3-24,35H,2H2,1H3,(H,41,45)(H,42,46)(H,43,44)/b33-23-. The number of thioether (sulfide) groups is 1. The van der Waals surface area contributed by atoms with Crippen LogP contribution in [0, 0.1) is 0 Å². The maximum atomic E-state index is 13.6. The van der Waals surface area contributed by atoms with Crippen molar-refractivity contribution in [1.82, 2.24) is 5.32 Å². The molecule has 0 saturated heterocycles. The van der Waals surface area contributed by atoms with Gasteiger partial charge in [-0.25, -0.2) is 0 Å². The maximum absolute atomic E-state index is 13.6. The molecule has 0 bridgehead atoms. The lowest BCUT2D eigenvalue weighted by Crippen LogP contribution is -2.30. The van der Waals surface area contributed by atoms with E-state index in [1.54, 1.807) is 66.7 Å². The molecule has 7 nitrogen and oxygen atoms in total. The van der Waals surface area contributed by atoms with Gasteiger partial charge in [-0.3, -0.25) is 14.4 Å². The van der Waals surface area contributed by atoms with Crippen molar-refractivity contribution in [1.29, 1.82) is 0 Å². The summed E-state index contributed by atoms with van der Waals surface area (Å²) in [6.45, 7) is 2.36. The van der Waals surface area contributed by atoms with E-state index in [-0.39, 0.29) is 11.6 Å². The van der Waals surface area contributed by atoms with Crippen molar-refractivity contribution in [2.24, 2.45) is 0 Å². The summed E-state index contributed by atoms with van der Waals surface area (Å²) in [7, 11) is 0. The Balaban J connectivity index is 1.34. The number of amides is 3. The van der Waals surface area contributed by atoms with Crippen LogP contribution < -0.4 is 20.7 Å². The predicted molar refractivity (Wildman–Crippen MR) is 195 cm³/mol. The zero-order valence-electron chi connectivity index (χ0n) is 25.8. The van der Waals surface area contributed by atoms with Crippen LogP contribution >= 0.6 is 35.0 Å². The number of hydrogen-bond donors (Lipinski definition) is 3. The average molecular weight is 697 g/mol. The Morgan fingerprint density at radius 1 is 0.792 bits per heavy atom. The monoisotopic (exact) mass is 695 g/mol. The SMILES string of the molecule is CCOc1ccccc1NC(=O)C(Sc1ccc(NC(=O)/C(=C/c2ccc(Cl)cc2Cl)NC(=O)c2ccccc2)cc1)c1ccccc1. The minimum atomic E-state index is -0.576. The van der Waals surface area contributed by atoms with Crippen molar-refractivity contribution in [3.63, 3.8) is 0 Å². The fourth-order valence-corrected chi connectivity index (χ4v) is 6.11. The number of benzene rings is 5. The number of halogens is 2. The molecule has 0 aliphatic rings. The molecule has 1 unspecified atom stereocenters. The second kappa shape index (κ2) is 16.7. The second-order valence-corrected chi connectivity index (χ2v) is 12.4. The van der Waals surface area contributed by atoms with Gasteiger partial charge in [-0.1, -0.05) is 89.9 Å². The summed E-state index contributed by atoms with van der Waals surface area (Å²) in [5.74, 6) is -0.624. The molecule has 5 rings (SSSR count). The van der Waals surface area contributed by atoms with Gasteiger partial charge in [0, 0.05) is 26.2 Å². The Labute approximate surface area is 293 Å². The van der Waals surface area contributed by atoms with E-state index in [1.807, 2.05) is 67.6 Å². The molecule has 48 heavy (non-hydrogen) atoms. The first-order valence-electron chi connectivity index (χ1n) is 15.0. The average Bonchev–Trinajstić information content (AvgIpc) is 3.10. The number of carbonyl (C=O) groups excluding carboxylic acids is 3. The van der Waals surface area contributed by atoms with Crippen molar-refractivity contribution in [3.8, 4) is 5.75 Å². The van der Waals surface area contributed by atoms with E-state index in [4.69, 9.17) is 27.9 Å². The zero-order chi connectivity index (χ0) is 33.9. The number of para-hydroxylation sites is 2. The van der Waals surface area contributed by atoms with Gasteiger partial charge in [0.2, 0.25) is 5.91 Å². The largest absolute Gasteiger partial charge is 0.492 e. The van der Waals surface area contributed by atoms with Crippen LogP contribution in [0.5, 0.6) is 5.75 Å². The molecule has 0 fully saturated rings. The van der Waals surface area contributed by atoms with Gasteiger partial charge in [-0.2, -0.15) is 0 Å². The molecule has 0 saturated carbocycles. The number of anilines is 2. The van der Waals surface area contributed by atoms with Crippen LogP contribution in [-0.4, -0.2) is 24.3 Å². The van der Waals surface area contributed by atoms with E-state index >= 15 is 0 Å². The number of ether oxygens (including phenoxy) is 1.